The van der Waals surface area contributed by atoms with Gasteiger partial charge in [-0.1, -0.05) is 24.6 Å². The molecule has 0 saturated carbocycles. The summed E-state index contributed by atoms with van der Waals surface area (Å²) in [5.41, 5.74) is 1.02. The molecule has 0 bridgehead atoms. The van der Waals surface area contributed by atoms with Crippen LogP contribution in [0.15, 0.2) is 35.1 Å². The first-order valence-electron chi connectivity index (χ1n) is 8.38. The highest BCUT2D eigenvalue weighted by Crippen LogP contribution is 2.23. The number of amides is 1. The molecule has 3 heterocycles. The molecule has 120 valence electrons. The van der Waals surface area contributed by atoms with Gasteiger partial charge in [0.25, 0.3) is 5.91 Å². The number of benzene rings is 1. The number of rotatable bonds is 1. The van der Waals surface area contributed by atoms with E-state index >= 15 is 0 Å². The molecule has 0 aliphatic carbocycles. The minimum atomic E-state index is -0.219. The standard InChI is InChI=1S/C18H21N3O2/c22-17-11-15(14-6-1-2-7-16(14)19-17)18(23)21-10-9-20-8-4-3-5-13(20)12-21/h1-2,6-7,11,13H,3-5,8-10,12H2,(H,19,22). The van der Waals surface area contributed by atoms with Gasteiger partial charge in [-0.25, -0.2) is 0 Å². The van der Waals surface area contributed by atoms with Gasteiger partial charge < -0.3 is 9.88 Å². The molecule has 2 aliphatic rings. The van der Waals surface area contributed by atoms with E-state index in [4.69, 9.17) is 0 Å². The molecule has 2 aromatic rings. The summed E-state index contributed by atoms with van der Waals surface area (Å²) >= 11 is 0. The van der Waals surface area contributed by atoms with Gasteiger partial charge in [0, 0.05) is 42.6 Å². The van der Waals surface area contributed by atoms with Crippen LogP contribution in [-0.2, 0) is 0 Å². The molecule has 23 heavy (non-hydrogen) atoms. The second-order valence-corrected chi connectivity index (χ2v) is 6.53. The Bertz CT molecular complexity index is 798. The van der Waals surface area contributed by atoms with Crippen molar-refractivity contribution in [2.45, 2.75) is 25.3 Å². The van der Waals surface area contributed by atoms with E-state index in [2.05, 4.69) is 9.88 Å². The van der Waals surface area contributed by atoms with Crippen LogP contribution in [0, 0.1) is 0 Å². The van der Waals surface area contributed by atoms with Gasteiger partial charge in [0.15, 0.2) is 0 Å². The van der Waals surface area contributed by atoms with Crippen LogP contribution >= 0.6 is 0 Å². The van der Waals surface area contributed by atoms with Crippen molar-refractivity contribution < 1.29 is 4.79 Å². The molecule has 0 spiro atoms. The van der Waals surface area contributed by atoms with Gasteiger partial charge >= 0.3 is 0 Å². The van der Waals surface area contributed by atoms with Gasteiger partial charge in [-0.15, -0.1) is 0 Å². The minimum absolute atomic E-state index is 0.0162. The predicted octanol–water partition coefficient (Wildman–Crippen LogP) is 1.84. The number of piperidine rings is 1. The van der Waals surface area contributed by atoms with Gasteiger partial charge in [-0.05, 0) is 25.5 Å². The summed E-state index contributed by atoms with van der Waals surface area (Å²) in [6.07, 6.45) is 3.68. The Morgan fingerprint density at radius 1 is 1.13 bits per heavy atom. The molecule has 2 saturated heterocycles. The molecular formula is C18H21N3O2. The first kappa shape index (κ1) is 14.5. The van der Waals surface area contributed by atoms with E-state index in [9.17, 15) is 9.59 Å². The molecule has 4 rings (SSSR count). The Kier molecular flexibility index (Phi) is 3.65. The van der Waals surface area contributed by atoms with Crippen molar-refractivity contribution in [3.63, 3.8) is 0 Å². The van der Waals surface area contributed by atoms with Crippen LogP contribution in [0.3, 0.4) is 0 Å². The smallest absolute Gasteiger partial charge is 0.254 e. The molecule has 1 amide bonds. The summed E-state index contributed by atoms with van der Waals surface area (Å²) in [4.78, 5) is 32.1. The maximum Gasteiger partial charge on any atom is 0.254 e. The van der Waals surface area contributed by atoms with Gasteiger partial charge in [0.05, 0.1) is 5.56 Å². The van der Waals surface area contributed by atoms with E-state index in [1.165, 1.54) is 25.3 Å². The normalized spacial score (nSPS) is 22.1. The molecule has 1 N–H and O–H groups in total. The number of hydrogen-bond acceptors (Lipinski definition) is 3. The second kappa shape index (κ2) is 5.81. The van der Waals surface area contributed by atoms with Gasteiger partial charge in [0.2, 0.25) is 5.56 Å². The van der Waals surface area contributed by atoms with E-state index in [0.717, 1.165) is 37.1 Å². The number of nitrogens with one attached hydrogen (secondary N) is 1. The van der Waals surface area contributed by atoms with Crippen molar-refractivity contribution in [3.8, 4) is 0 Å². The molecule has 5 nitrogen and oxygen atoms in total. The lowest BCUT2D eigenvalue weighted by Gasteiger charge is -2.44. The highest BCUT2D eigenvalue weighted by Gasteiger charge is 2.31. The molecular weight excluding hydrogens is 290 g/mol. The number of hydrogen-bond donors (Lipinski definition) is 1. The van der Waals surface area contributed by atoms with Gasteiger partial charge in [-0.3, -0.25) is 14.5 Å². The average molecular weight is 311 g/mol. The fourth-order valence-electron chi connectivity index (χ4n) is 3.89. The largest absolute Gasteiger partial charge is 0.336 e. The van der Waals surface area contributed by atoms with Crippen LogP contribution in [0.1, 0.15) is 29.6 Å². The summed E-state index contributed by atoms with van der Waals surface area (Å²) in [5, 5.41) is 0.822. The number of fused-ring (bicyclic) bond motifs is 2. The highest BCUT2D eigenvalue weighted by atomic mass is 16.2. The van der Waals surface area contributed by atoms with E-state index < -0.39 is 0 Å². The summed E-state index contributed by atoms with van der Waals surface area (Å²) in [6, 6.07) is 9.43. The highest BCUT2D eigenvalue weighted by molar-refractivity contribution is 6.06. The van der Waals surface area contributed by atoms with Crippen molar-refractivity contribution in [2.75, 3.05) is 26.2 Å². The van der Waals surface area contributed by atoms with Crippen LogP contribution in [0.25, 0.3) is 10.9 Å². The fraction of sp³-hybridized carbons (Fsp3) is 0.444. The molecule has 5 heteroatoms. The molecule has 1 unspecified atom stereocenters. The lowest BCUT2D eigenvalue weighted by atomic mass is 9.98. The monoisotopic (exact) mass is 311 g/mol. The zero-order valence-corrected chi connectivity index (χ0v) is 13.1. The number of aromatic nitrogens is 1. The lowest BCUT2D eigenvalue weighted by molar-refractivity contribution is 0.0374. The Morgan fingerprint density at radius 3 is 2.91 bits per heavy atom. The van der Waals surface area contributed by atoms with Crippen LogP contribution in [-0.4, -0.2) is 52.9 Å². The number of nitrogens with zero attached hydrogens (tertiary/aromatic N) is 2. The van der Waals surface area contributed by atoms with E-state index in [-0.39, 0.29) is 11.5 Å². The summed E-state index contributed by atoms with van der Waals surface area (Å²) in [7, 11) is 0. The second-order valence-electron chi connectivity index (χ2n) is 6.53. The SMILES string of the molecule is O=C(c1cc(=O)[nH]c2ccccc12)N1CCN2CCCCC2C1. The molecule has 2 aliphatic heterocycles. The molecule has 0 radical (unpaired) electrons. The zero-order valence-electron chi connectivity index (χ0n) is 13.1. The molecule has 2 fully saturated rings. The van der Waals surface area contributed by atoms with Gasteiger partial charge in [-0.2, -0.15) is 0 Å². The van der Waals surface area contributed by atoms with E-state index in [1.807, 2.05) is 29.2 Å². The Labute approximate surface area is 134 Å². The van der Waals surface area contributed by atoms with Crippen molar-refractivity contribution in [2.24, 2.45) is 0 Å². The predicted molar refractivity (Wildman–Crippen MR) is 89.7 cm³/mol. The minimum Gasteiger partial charge on any atom is -0.336 e. The average Bonchev–Trinajstić information content (AvgIpc) is 2.60. The summed E-state index contributed by atoms with van der Waals surface area (Å²) < 4.78 is 0. The van der Waals surface area contributed by atoms with Crippen LogP contribution in [0.5, 0.6) is 0 Å². The number of carbonyl (C=O) groups is 1. The topological polar surface area (TPSA) is 56.4 Å². The third kappa shape index (κ3) is 2.65. The maximum atomic E-state index is 13.0. The number of aromatic amines is 1. The Hall–Kier alpha value is -2.14. The molecule has 1 atom stereocenters. The quantitative estimate of drug-likeness (QED) is 0.874. The van der Waals surface area contributed by atoms with Crippen LogP contribution in [0.4, 0.5) is 0 Å². The zero-order chi connectivity index (χ0) is 15.8. The first-order chi connectivity index (χ1) is 11.2. The first-order valence-corrected chi connectivity index (χ1v) is 8.38. The van der Waals surface area contributed by atoms with Gasteiger partial charge in [0.1, 0.15) is 0 Å². The Morgan fingerprint density at radius 2 is 2.00 bits per heavy atom. The summed E-state index contributed by atoms with van der Waals surface area (Å²) in [6.45, 7) is 3.62. The number of piperazine rings is 1. The molecule has 1 aromatic heterocycles. The van der Waals surface area contributed by atoms with Crippen molar-refractivity contribution >= 4 is 16.8 Å². The van der Waals surface area contributed by atoms with Crippen LogP contribution < -0.4 is 5.56 Å². The fourth-order valence-corrected chi connectivity index (χ4v) is 3.89. The van der Waals surface area contributed by atoms with Crippen molar-refractivity contribution in [1.29, 1.82) is 0 Å². The maximum absolute atomic E-state index is 13.0. The number of pyridine rings is 1. The third-order valence-corrected chi connectivity index (χ3v) is 5.11. The van der Waals surface area contributed by atoms with Crippen molar-refractivity contribution in [1.82, 2.24) is 14.8 Å². The number of para-hydroxylation sites is 1. The third-order valence-electron chi connectivity index (χ3n) is 5.11. The van der Waals surface area contributed by atoms with E-state index in [1.54, 1.807) is 0 Å². The Balaban J connectivity index is 1.66. The molecule has 1 aromatic carbocycles. The van der Waals surface area contributed by atoms with Crippen molar-refractivity contribution in [3.05, 3.63) is 46.2 Å². The summed E-state index contributed by atoms with van der Waals surface area (Å²) in [5.74, 6) is -0.0162. The van der Waals surface area contributed by atoms with E-state index in [0.29, 0.717) is 11.6 Å². The number of carbonyl (C=O) groups excluding carboxylic acids is 1. The lowest BCUT2D eigenvalue weighted by Crippen LogP contribution is -2.56. The van der Waals surface area contributed by atoms with Crippen LogP contribution in [0.2, 0.25) is 0 Å². The number of H-pyrrole nitrogens is 1.